The quantitative estimate of drug-likeness (QED) is 0.700. The first kappa shape index (κ1) is 20.9. The van der Waals surface area contributed by atoms with E-state index in [0.717, 1.165) is 12.1 Å². The smallest absolute Gasteiger partial charge is 0.416 e. The zero-order chi connectivity index (χ0) is 20.5. The van der Waals surface area contributed by atoms with Crippen LogP contribution in [0.4, 0.5) is 17.6 Å². The number of hydrogen-bond donors (Lipinski definition) is 2. The van der Waals surface area contributed by atoms with Gasteiger partial charge >= 0.3 is 12.1 Å². The van der Waals surface area contributed by atoms with E-state index in [2.05, 4.69) is 5.32 Å². The molecule has 0 heterocycles. The SMILES string of the molecule is CNC(CC(=O)O)c1cc(-c2c(C)cc(C(F)(F)F)cc2C)cc(C)c1F. The van der Waals surface area contributed by atoms with E-state index in [4.69, 9.17) is 5.11 Å². The molecule has 0 fully saturated rings. The highest BCUT2D eigenvalue weighted by Gasteiger charge is 2.31. The van der Waals surface area contributed by atoms with Gasteiger partial charge in [0.25, 0.3) is 0 Å². The molecule has 0 saturated carbocycles. The lowest BCUT2D eigenvalue weighted by molar-refractivity contribution is -0.138. The minimum atomic E-state index is -4.45. The van der Waals surface area contributed by atoms with Gasteiger partial charge < -0.3 is 10.4 Å². The van der Waals surface area contributed by atoms with Crippen LogP contribution in [0.25, 0.3) is 11.1 Å². The normalized spacial score (nSPS) is 12.9. The number of aryl methyl sites for hydroxylation is 3. The number of carboxylic acids is 1. The van der Waals surface area contributed by atoms with Crippen LogP contribution >= 0.6 is 0 Å². The summed E-state index contributed by atoms with van der Waals surface area (Å²) in [5.74, 6) is -1.61. The lowest BCUT2D eigenvalue weighted by Crippen LogP contribution is -2.21. The standard InChI is InChI=1S/C20H21F4NO2/c1-10-6-14(20(22,23)24)7-11(2)18(10)13-5-12(3)19(21)15(8-13)16(25-4)9-17(26)27/h5-8,16,25H,9H2,1-4H3,(H,26,27). The molecule has 0 aliphatic heterocycles. The second kappa shape index (κ2) is 7.68. The van der Waals surface area contributed by atoms with Crippen LogP contribution in [0.1, 0.15) is 40.3 Å². The molecule has 1 atom stereocenters. The number of carbonyl (C=O) groups is 1. The summed E-state index contributed by atoms with van der Waals surface area (Å²) in [6, 6.07) is 4.45. The predicted octanol–water partition coefficient (Wildman–Crippen LogP) is 5.17. The largest absolute Gasteiger partial charge is 0.481 e. The van der Waals surface area contributed by atoms with Crippen molar-refractivity contribution in [1.29, 1.82) is 0 Å². The third kappa shape index (κ3) is 4.47. The van der Waals surface area contributed by atoms with Gasteiger partial charge in [0.05, 0.1) is 12.0 Å². The third-order valence-electron chi connectivity index (χ3n) is 4.53. The molecule has 0 amide bonds. The van der Waals surface area contributed by atoms with Gasteiger partial charge in [-0.25, -0.2) is 4.39 Å². The molecule has 0 saturated heterocycles. The molecule has 27 heavy (non-hydrogen) atoms. The number of aliphatic carboxylic acids is 1. The van der Waals surface area contributed by atoms with Gasteiger partial charge in [-0.05, 0) is 79.9 Å². The summed E-state index contributed by atoms with van der Waals surface area (Å²) in [6.45, 7) is 4.69. The van der Waals surface area contributed by atoms with Crippen molar-refractivity contribution >= 4 is 5.97 Å². The number of alkyl halides is 3. The van der Waals surface area contributed by atoms with Gasteiger partial charge in [-0.3, -0.25) is 4.79 Å². The van der Waals surface area contributed by atoms with Crippen molar-refractivity contribution in [2.75, 3.05) is 7.05 Å². The summed E-state index contributed by atoms with van der Waals surface area (Å²) < 4.78 is 53.7. The van der Waals surface area contributed by atoms with Gasteiger partial charge in [-0.1, -0.05) is 0 Å². The van der Waals surface area contributed by atoms with E-state index in [-0.39, 0.29) is 12.0 Å². The molecule has 0 radical (unpaired) electrons. The lowest BCUT2D eigenvalue weighted by Gasteiger charge is -2.20. The predicted molar refractivity (Wildman–Crippen MR) is 95.1 cm³/mol. The van der Waals surface area contributed by atoms with Crippen LogP contribution in [-0.4, -0.2) is 18.1 Å². The first-order valence-electron chi connectivity index (χ1n) is 8.33. The second-order valence-electron chi connectivity index (χ2n) is 6.62. The van der Waals surface area contributed by atoms with Gasteiger partial charge in [0, 0.05) is 11.6 Å². The molecule has 2 aromatic rings. The monoisotopic (exact) mass is 383 g/mol. The molecule has 0 aliphatic rings. The first-order valence-corrected chi connectivity index (χ1v) is 8.33. The maximum Gasteiger partial charge on any atom is 0.416 e. The summed E-state index contributed by atoms with van der Waals surface area (Å²) >= 11 is 0. The topological polar surface area (TPSA) is 49.3 Å². The number of hydrogen-bond acceptors (Lipinski definition) is 2. The van der Waals surface area contributed by atoms with Crippen molar-refractivity contribution in [3.05, 3.63) is 57.9 Å². The average Bonchev–Trinajstić information content (AvgIpc) is 2.54. The molecular formula is C20H21F4NO2. The summed E-state index contributed by atoms with van der Waals surface area (Å²) in [5.41, 5.74) is 1.70. The summed E-state index contributed by atoms with van der Waals surface area (Å²) in [5, 5.41) is 11.8. The molecule has 1 unspecified atom stereocenters. The van der Waals surface area contributed by atoms with Gasteiger partial charge in [0.2, 0.25) is 0 Å². The summed E-state index contributed by atoms with van der Waals surface area (Å²) in [7, 11) is 1.53. The molecule has 2 rings (SSSR count). The number of carboxylic acid groups (broad SMARTS) is 1. The van der Waals surface area contributed by atoms with Gasteiger partial charge in [0.1, 0.15) is 5.82 Å². The van der Waals surface area contributed by atoms with Gasteiger partial charge in [-0.2, -0.15) is 13.2 Å². The van der Waals surface area contributed by atoms with Crippen molar-refractivity contribution in [3.8, 4) is 11.1 Å². The van der Waals surface area contributed by atoms with E-state index in [1.165, 1.54) is 13.1 Å². The zero-order valence-corrected chi connectivity index (χ0v) is 15.5. The van der Waals surface area contributed by atoms with E-state index in [0.29, 0.717) is 27.8 Å². The van der Waals surface area contributed by atoms with Crippen LogP contribution in [0.5, 0.6) is 0 Å². The van der Waals surface area contributed by atoms with E-state index in [9.17, 15) is 22.4 Å². The molecule has 0 aliphatic carbocycles. The average molecular weight is 383 g/mol. The van der Waals surface area contributed by atoms with E-state index in [1.54, 1.807) is 26.8 Å². The van der Waals surface area contributed by atoms with Crippen molar-refractivity contribution < 1.29 is 27.5 Å². The van der Waals surface area contributed by atoms with E-state index < -0.39 is 29.6 Å². The highest BCUT2D eigenvalue weighted by Crippen LogP contribution is 2.37. The van der Waals surface area contributed by atoms with Crippen molar-refractivity contribution in [2.45, 2.75) is 39.4 Å². The second-order valence-corrected chi connectivity index (χ2v) is 6.62. The summed E-state index contributed by atoms with van der Waals surface area (Å²) in [6.07, 6.45) is -4.77. The molecule has 2 N–H and O–H groups in total. The third-order valence-corrected chi connectivity index (χ3v) is 4.53. The van der Waals surface area contributed by atoms with Crippen LogP contribution in [0.2, 0.25) is 0 Å². The molecule has 0 spiro atoms. The van der Waals surface area contributed by atoms with Gasteiger partial charge in [-0.15, -0.1) is 0 Å². The Morgan fingerprint density at radius 2 is 1.63 bits per heavy atom. The van der Waals surface area contributed by atoms with Crippen molar-refractivity contribution in [2.24, 2.45) is 0 Å². The summed E-state index contributed by atoms with van der Waals surface area (Å²) in [4.78, 5) is 11.1. The van der Waals surface area contributed by atoms with Crippen LogP contribution < -0.4 is 5.32 Å². The Labute approximate surface area is 155 Å². The van der Waals surface area contributed by atoms with Crippen LogP contribution in [0.3, 0.4) is 0 Å². The van der Waals surface area contributed by atoms with Gasteiger partial charge in [0.15, 0.2) is 0 Å². The van der Waals surface area contributed by atoms with Crippen molar-refractivity contribution in [1.82, 2.24) is 5.32 Å². The lowest BCUT2D eigenvalue weighted by atomic mass is 9.89. The molecule has 7 heteroatoms. The Bertz CT molecular complexity index is 852. The van der Waals surface area contributed by atoms with E-state index in [1.807, 2.05) is 0 Å². The molecule has 0 bridgehead atoms. The molecular weight excluding hydrogens is 362 g/mol. The Morgan fingerprint density at radius 3 is 2.07 bits per heavy atom. The maximum atomic E-state index is 14.6. The zero-order valence-electron chi connectivity index (χ0n) is 15.5. The minimum Gasteiger partial charge on any atom is -0.481 e. The Kier molecular flexibility index (Phi) is 5.94. The fourth-order valence-electron chi connectivity index (χ4n) is 3.32. The van der Waals surface area contributed by atoms with E-state index >= 15 is 0 Å². The Hall–Kier alpha value is -2.41. The fourth-order valence-corrected chi connectivity index (χ4v) is 3.32. The number of benzene rings is 2. The van der Waals surface area contributed by atoms with Crippen molar-refractivity contribution in [3.63, 3.8) is 0 Å². The molecule has 2 aromatic carbocycles. The highest BCUT2D eigenvalue weighted by atomic mass is 19.4. The molecule has 0 aromatic heterocycles. The van der Waals surface area contributed by atoms with Crippen LogP contribution in [-0.2, 0) is 11.0 Å². The highest BCUT2D eigenvalue weighted by molar-refractivity contribution is 5.73. The van der Waals surface area contributed by atoms with Crippen LogP contribution in [0.15, 0.2) is 24.3 Å². The number of rotatable bonds is 5. The maximum absolute atomic E-state index is 14.6. The molecule has 146 valence electrons. The first-order chi connectivity index (χ1) is 12.5. The van der Waals surface area contributed by atoms with Crippen LogP contribution in [0, 0.1) is 26.6 Å². The minimum absolute atomic E-state index is 0.175. The number of halogens is 4. The number of nitrogens with one attached hydrogen (secondary N) is 1. The Morgan fingerprint density at radius 1 is 1.07 bits per heavy atom. The molecule has 3 nitrogen and oxygen atoms in total. The fraction of sp³-hybridized carbons (Fsp3) is 0.350. The Balaban J connectivity index is 2.65.